The number of rotatable bonds is 4. The molecule has 1 saturated heterocycles. The zero-order valence-electron chi connectivity index (χ0n) is 21.9. The van der Waals surface area contributed by atoms with Crippen molar-refractivity contribution < 1.29 is 39.2 Å². The molecule has 0 amide bonds. The van der Waals surface area contributed by atoms with Gasteiger partial charge in [0, 0.05) is 29.2 Å². The SMILES string of the molecule is COc1cccc2c1C(=O)c1c(O)c3c(c(O)c1C2=O)C[C@@](O)(C(C)=O)C[C@@H]3C[C@H]1C[C@H](N)[C@H](C)[C@H](C)O1. The summed E-state index contributed by atoms with van der Waals surface area (Å²) in [6.45, 7) is 5.22. The van der Waals surface area contributed by atoms with Crippen LogP contribution in [-0.4, -0.2) is 63.6 Å². The molecule has 38 heavy (non-hydrogen) atoms. The van der Waals surface area contributed by atoms with Crippen molar-refractivity contribution in [3.63, 3.8) is 0 Å². The summed E-state index contributed by atoms with van der Waals surface area (Å²) in [4.78, 5) is 39.8. The number of methoxy groups -OCH3 is 1. The van der Waals surface area contributed by atoms with E-state index >= 15 is 0 Å². The van der Waals surface area contributed by atoms with Crippen LogP contribution in [-0.2, 0) is 16.0 Å². The van der Waals surface area contributed by atoms with Crippen LogP contribution in [0.25, 0.3) is 0 Å². The van der Waals surface area contributed by atoms with Gasteiger partial charge in [-0.3, -0.25) is 14.4 Å². The molecule has 1 aliphatic heterocycles. The van der Waals surface area contributed by atoms with Crippen LogP contribution < -0.4 is 10.5 Å². The molecule has 5 rings (SSSR count). The normalized spacial score (nSPS) is 30.3. The molecule has 0 radical (unpaired) electrons. The van der Waals surface area contributed by atoms with Crippen LogP contribution in [0.1, 0.15) is 88.9 Å². The van der Waals surface area contributed by atoms with Crippen LogP contribution in [0.15, 0.2) is 18.2 Å². The van der Waals surface area contributed by atoms with Crippen molar-refractivity contribution in [1.82, 2.24) is 0 Å². The van der Waals surface area contributed by atoms with Gasteiger partial charge in [0.1, 0.15) is 22.8 Å². The topological polar surface area (TPSA) is 156 Å². The van der Waals surface area contributed by atoms with Crippen LogP contribution >= 0.6 is 0 Å². The number of Topliss-reactive ketones (excluding diaryl/α,β-unsaturated/α-hetero) is 1. The van der Waals surface area contributed by atoms with Crippen molar-refractivity contribution in [1.29, 1.82) is 0 Å². The highest BCUT2D eigenvalue weighted by Gasteiger charge is 2.48. The second-order valence-corrected chi connectivity index (χ2v) is 11.0. The summed E-state index contributed by atoms with van der Waals surface area (Å²) < 4.78 is 11.5. The third-order valence-electron chi connectivity index (χ3n) is 8.78. The van der Waals surface area contributed by atoms with Gasteiger partial charge in [-0.2, -0.15) is 0 Å². The molecule has 3 aliphatic rings. The number of ether oxygens (including phenoxy) is 2. The van der Waals surface area contributed by atoms with Crippen molar-refractivity contribution in [2.24, 2.45) is 11.7 Å². The summed E-state index contributed by atoms with van der Waals surface area (Å²) in [5, 5.41) is 34.3. The molecule has 0 unspecified atom stereocenters. The lowest BCUT2D eigenvalue weighted by Crippen LogP contribution is -2.48. The Hall–Kier alpha value is -3.27. The maximum Gasteiger partial charge on any atom is 0.202 e. The molecule has 0 aromatic heterocycles. The Morgan fingerprint density at radius 3 is 2.45 bits per heavy atom. The van der Waals surface area contributed by atoms with E-state index in [0.717, 1.165) is 0 Å². The standard InChI is InChI=1S/C29H33NO8/c1-12-13(2)38-16(9-19(12)30)8-15-10-29(36,14(3)31)11-18-21(15)27(34)24-23(26(18)33)25(32)17-6-5-7-20(37-4)22(17)28(24)35/h5-7,12-13,15-16,19,33-34,36H,8-11,30H2,1-4H3/t12-,13+,15+,16+,19+,29-/m1/s1. The van der Waals surface area contributed by atoms with E-state index in [1.807, 2.05) is 13.8 Å². The van der Waals surface area contributed by atoms with Gasteiger partial charge in [0.25, 0.3) is 0 Å². The summed E-state index contributed by atoms with van der Waals surface area (Å²) in [7, 11) is 1.38. The molecule has 202 valence electrons. The maximum absolute atomic E-state index is 13.7. The fourth-order valence-electron chi connectivity index (χ4n) is 6.40. The zero-order valence-corrected chi connectivity index (χ0v) is 21.9. The first-order valence-corrected chi connectivity index (χ1v) is 12.9. The molecule has 0 spiro atoms. The smallest absolute Gasteiger partial charge is 0.202 e. The van der Waals surface area contributed by atoms with Gasteiger partial charge < -0.3 is 30.5 Å². The van der Waals surface area contributed by atoms with Crippen molar-refractivity contribution >= 4 is 17.3 Å². The molecule has 0 bridgehead atoms. The number of carbonyl (C=O) groups is 3. The highest BCUT2D eigenvalue weighted by atomic mass is 16.5. The Morgan fingerprint density at radius 1 is 1.13 bits per heavy atom. The number of hydrogen-bond donors (Lipinski definition) is 4. The summed E-state index contributed by atoms with van der Waals surface area (Å²) >= 11 is 0. The zero-order chi connectivity index (χ0) is 27.7. The number of phenols is 2. The fourth-order valence-corrected chi connectivity index (χ4v) is 6.40. The fraction of sp³-hybridized carbons (Fsp3) is 0.483. The van der Waals surface area contributed by atoms with E-state index < -0.39 is 40.4 Å². The molecule has 9 nitrogen and oxygen atoms in total. The highest BCUT2D eigenvalue weighted by Crippen LogP contribution is 2.53. The number of aliphatic hydroxyl groups is 1. The van der Waals surface area contributed by atoms with Crippen LogP contribution in [0.3, 0.4) is 0 Å². The maximum atomic E-state index is 13.7. The Balaban J connectivity index is 1.68. The molecule has 2 aromatic rings. The van der Waals surface area contributed by atoms with E-state index in [-0.39, 0.29) is 76.1 Å². The van der Waals surface area contributed by atoms with Gasteiger partial charge >= 0.3 is 0 Å². The van der Waals surface area contributed by atoms with Gasteiger partial charge in [-0.25, -0.2) is 0 Å². The van der Waals surface area contributed by atoms with Gasteiger partial charge in [0.2, 0.25) is 5.78 Å². The molecular weight excluding hydrogens is 490 g/mol. The Morgan fingerprint density at radius 2 is 1.82 bits per heavy atom. The molecule has 0 saturated carbocycles. The number of fused-ring (bicyclic) bond motifs is 3. The quantitative estimate of drug-likeness (QED) is 0.378. The Labute approximate surface area is 220 Å². The predicted octanol–water partition coefficient (Wildman–Crippen LogP) is 2.76. The van der Waals surface area contributed by atoms with E-state index in [1.165, 1.54) is 20.1 Å². The number of benzene rings is 2. The monoisotopic (exact) mass is 523 g/mol. The summed E-state index contributed by atoms with van der Waals surface area (Å²) in [5.74, 6) is -3.06. The number of ketones is 3. The lowest BCUT2D eigenvalue weighted by atomic mass is 9.67. The van der Waals surface area contributed by atoms with Crippen LogP contribution in [0.5, 0.6) is 17.2 Å². The van der Waals surface area contributed by atoms with Gasteiger partial charge in [-0.1, -0.05) is 19.1 Å². The van der Waals surface area contributed by atoms with E-state index in [9.17, 15) is 29.7 Å². The Bertz CT molecular complexity index is 1360. The van der Waals surface area contributed by atoms with Gasteiger partial charge in [0.05, 0.1) is 36.0 Å². The summed E-state index contributed by atoms with van der Waals surface area (Å²) in [6, 6.07) is 4.44. The second kappa shape index (κ2) is 9.18. The van der Waals surface area contributed by atoms with Crippen molar-refractivity contribution in [3.05, 3.63) is 51.6 Å². The molecule has 2 aromatic carbocycles. The number of nitrogens with two attached hydrogens (primary N) is 1. The van der Waals surface area contributed by atoms with E-state index in [2.05, 4.69) is 0 Å². The van der Waals surface area contributed by atoms with E-state index in [0.29, 0.717) is 12.8 Å². The molecule has 2 aliphatic carbocycles. The number of phenolic OH excluding ortho intramolecular Hbond substituents is 2. The number of hydrogen-bond acceptors (Lipinski definition) is 9. The third kappa shape index (κ3) is 3.83. The first kappa shape index (κ1) is 26.3. The average Bonchev–Trinajstić information content (AvgIpc) is 2.87. The van der Waals surface area contributed by atoms with Crippen LogP contribution in [0.2, 0.25) is 0 Å². The lowest BCUT2D eigenvalue weighted by molar-refractivity contribution is -0.137. The lowest BCUT2D eigenvalue weighted by Gasteiger charge is -2.42. The van der Waals surface area contributed by atoms with Gasteiger partial charge in [-0.15, -0.1) is 0 Å². The molecular formula is C29H33NO8. The molecule has 5 N–H and O–H groups in total. The van der Waals surface area contributed by atoms with Gasteiger partial charge in [-0.05, 0) is 51.0 Å². The number of carbonyl (C=O) groups excluding carboxylic acids is 3. The molecule has 1 heterocycles. The summed E-state index contributed by atoms with van der Waals surface area (Å²) in [6.07, 6.45) is 0.0382. The second-order valence-electron chi connectivity index (χ2n) is 11.0. The molecule has 9 heteroatoms. The van der Waals surface area contributed by atoms with E-state index in [4.69, 9.17) is 15.2 Å². The largest absolute Gasteiger partial charge is 0.507 e. The Kier molecular flexibility index (Phi) is 6.37. The highest BCUT2D eigenvalue weighted by molar-refractivity contribution is 6.31. The van der Waals surface area contributed by atoms with Crippen LogP contribution in [0, 0.1) is 5.92 Å². The minimum Gasteiger partial charge on any atom is -0.507 e. The molecule has 1 fully saturated rings. The predicted molar refractivity (Wildman–Crippen MR) is 137 cm³/mol. The van der Waals surface area contributed by atoms with Crippen molar-refractivity contribution in [2.75, 3.05) is 7.11 Å². The minimum atomic E-state index is -1.83. The molecule has 6 atom stereocenters. The summed E-state index contributed by atoms with van der Waals surface area (Å²) in [5.41, 5.74) is 4.27. The van der Waals surface area contributed by atoms with E-state index in [1.54, 1.807) is 12.1 Å². The van der Waals surface area contributed by atoms with Gasteiger partial charge in [0.15, 0.2) is 11.6 Å². The first-order valence-electron chi connectivity index (χ1n) is 12.9. The number of aromatic hydroxyl groups is 2. The first-order chi connectivity index (χ1) is 17.9. The average molecular weight is 524 g/mol. The van der Waals surface area contributed by atoms with Crippen molar-refractivity contribution in [3.8, 4) is 17.2 Å². The third-order valence-corrected chi connectivity index (χ3v) is 8.78. The van der Waals surface area contributed by atoms with Crippen LogP contribution in [0.4, 0.5) is 0 Å². The van der Waals surface area contributed by atoms with Crippen molar-refractivity contribution in [2.45, 2.75) is 76.2 Å². The minimum absolute atomic E-state index is 0.0131.